The Bertz CT molecular complexity index is 1390. The Balaban J connectivity index is 0.00000126. The van der Waals surface area contributed by atoms with Crippen molar-refractivity contribution in [3.05, 3.63) is 60.8 Å². The number of aromatic nitrogens is 4. The Hall–Kier alpha value is -4.20. The van der Waals surface area contributed by atoms with Crippen LogP contribution in [0, 0.1) is 0 Å². The van der Waals surface area contributed by atoms with E-state index in [0.717, 1.165) is 39.4 Å². The highest BCUT2D eigenvalue weighted by molar-refractivity contribution is 5.86. The van der Waals surface area contributed by atoms with Crippen LogP contribution in [0.15, 0.2) is 60.8 Å². The lowest BCUT2D eigenvalue weighted by atomic mass is 10.2. The summed E-state index contributed by atoms with van der Waals surface area (Å²) in [6.07, 6.45) is 1.81. The number of benzene rings is 2. The molecule has 0 unspecified atom stereocenters. The fourth-order valence-corrected chi connectivity index (χ4v) is 3.56. The van der Waals surface area contributed by atoms with E-state index in [1.807, 2.05) is 73.1 Å². The van der Waals surface area contributed by atoms with Gasteiger partial charge in [0.15, 0.2) is 23.0 Å². The number of aromatic amines is 1. The van der Waals surface area contributed by atoms with E-state index >= 15 is 0 Å². The van der Waals surface area contributed by atoms with Gasteiger partial charge in [0.1, 0.15) is 11.4 Å². The zero-order valence-electron chi connectivity index (χ0n) is 19.3. The number of hydrogen-bond donors (Lipinski definition) is 2. The summed E-state index contributed by atoms with van der Waals surface area (Å²) in [5.41, 5.74) is 4.39. The molecule has 2 aromatic carbocycles. The fraction of sp³-hybridized carbons (Fsp3) is 0.200. The van der Waals surface area contributed by atoms with Crippen LogP contribution in [0.1, 0.15) is 13.8 Å². The summed E-state index contributed by atoms with van der Waals surface area (Å²) in [6.45, 7) is 4.00. The molecule has 8 nitrogen and oxygen atoms in total. The normalized spacial score (nSPS) is 10.6. The number of hydrogen-bond acceptors (Lipinski definition) is 6. The molecule has 2 N–H and O–H groups in total. The van der Waals surface area contributed by atoms with Gasteiger partial charge >= 0.3 is 0 Å². The second-order valence-electron chi connectivity index (χ2n) is 6.96. The lowest BCUT2D eigenvalue weighted by Crippen LogP contribution is -2.01. The highest BCUT2D eigenvalue weighted by Crippen LogP contribution is 2.31. The van der Waals surface area contributed by atoms with Crippen molar-refractivity contribution < 1.29 is 14.2 Å². The first kappa shape index (κ1) is 22.0. The maximum absolute atomic E-state index is 5.38. The van der Waals surface area contributed by atoms with E-state index in [2.05, 4.69) is 21.4 Å². The number of nitrogens with zero attached hydrogens (tertiary/aromatic N) is 3. The highest BCUT2D eigenvalue weighted by atomic mass is 16.5. The standard InChI is InChI=1S/C23H21N5O3.C2H6/c1-29-16-5-6-17-14(10-16)11-18(26-17)19-13-24-23-9-8-22(27-28(19)23)25-15-4-7-20(30-2)21(12-15)31-3;1-2/h4-13,26H,1-3H3,(H,25,27);1-2H3. The Labute approximate surface area is 192 Å². The van der Waals surface area contributed by atoms with Gasteiger partial charge < -0.3 is 24.5 Å². The van der Waals surface area contributed by atoms with Gasteiger partial charge in [0.25, 0.3) is 0 Å². The van der Waals surface area contributed by atoms with Gasteiger partial charge in [0.2, 0.25) is 0 Å². The second kappa shape index (κ2) is 9.52. The fourth-order valence-electron chi connectivity index (χ4n) is 3.56. The summed E-state index contributed by atoms with van der Waals surface area (Å²) in [7, 11) is 4.89. The minimum absolute atomic E-state index is 0.644. The molecule has 8 heteroatoms. The highest BCUT2D eigenvalue weighted by Gasteiger charge is 2.12. The van der Waals surface area contributed by atoms with E-state index < -0.39 is 0 Å². The summed E-state index contributed by atoms with van der Waals surface area (Å²) in [5, 5.41) is 9.10. The largest absolute Gasteiger partial charge is 0.497 e. The minimum Gasteiger partial charge on any atom is -0.497 e. The topological polar surface area (TPSA) is 85.7 Å². The van der Waals surface area contributed by atoms with E-state index in [0.29, 0.717) is 17.3 Å². The van der Waals surface area contributed by atoms with Gasteiger partial charge in [-0.1, -0.05) is 13.8 Å². The summed E-state index contributed by atoms with van der Waals surface area (Å²) in [5.74, 6) is 2.81. The molecule has 0 saturated heterocycles. The number of nitrogens with one attached hydrogen (secondary N) is 2. The average Bonchev–Trinajstić information content (AvgIpc) is 3.48. The van der Waals surface area contributed by atoms with Crippen LogP contribution in [0.2, 0.25) is 0 Å². The number of anilines is 2. The molecule has 0 aliphatic heterocycles. The third kappa shape index (κ3) is 4.27. The quantitative estimate of drug-likeness (QED) is 0.350. The van der Waals surface area contributed by atoms with Crippen molar-refractivity contribution in [2.75, 3.05) is 26.6 Å². The van der Waals surface area contributed by atoms with Gasteiger partial charge in [-0.2, -0.15) is 0 Å². The molecule has 170 valence electrons. The van der Waals surface area contributed by atoms with Crippen LogP contribution in [-0.4, -0.2) is 40.9 Å². The molecule has 0 atom stereocenters. The van der Waals surface area contributed by atoms with Crippen molar-refractivity contribution in [3.63, 3.8) is 0 Å². The van der Waals surface area contributed by atoms with E-state index in [9.17, 15) is 0 Å². The zero-order valence-corrected chi connectivity index (χ0v) is 19.3. The number of rotatable bonds is 6. The molecule has 33 heavy (non-hydrogen) atoms. The number of imidazole rings is 1. The van der Waals surface area contributed by atoms with Crippen molar-refractivity contribution in [1.29, 1.82) is 0 Å². The predicted molar refractivity (Wildman–Crippen MR) is 131 cm³/mol. The van der Waals surface area contributed by atoms with Gasteiger partial charge in [-0.25, -0.2) is 9.50 Å². The molecule has 3 heterocycles. The van der Waals surface area contributed by atoms with Crippen LogP contribution < -0.4 is 19.5 Å². The van der Waals surface area contributed by atoms with Crippen molar-refractivity contribution in [2.24, 2.45) is 0 Å². The lowest BCUT2D eigenvalue weighted by Gasteiger charge is -2.11. The molecular weight excluding hydrogens is 418 g/mol. The number of fused-ring (bicyclic) bond motifs is 2. The Morgan fingerprint density at radius 3 is 2.42 bits per heavy atom. The van der Waals surface area contributed by atoms with Gasteiger partial charge in [0, 0.05) is 22.7 Å². The first-order valence-electron chi connectivity index (χ1n) is 10.7. The van der Waals surface area contributed by atoms with Crippen LogP contribution in [0.5, 0.6) is 17.2 Å². The Morgan fingerprint density at radius 2 is 1.67 bits per heavy atom. The lowest BCUT2D eigenvalue weighted by molar-refractivity contribution is 0.355. The molecule has 0 saturated carbocycles. The number of methoxy groups -OCH3 is 3. The van der Waals surface area contributed by atoms with E-state index in [4.69, 9.17) is 19.3 Å². The number of ether oxygens (including phenoxy) is 3. The van der Waals surface area contributed by atoms with Crippen LogP contribution in [0.3, 0.4) is 0 Å². The second-order valence-corrected chi connectivity index (χ2v) is 6.96. The third-order valence-corrected chi connectivity index (χ3v) is 5.12. The average molecular weight is 446 g/mol. The predicted octanol–water partition coefficient (Wildman–Crippen LogP) is 5.67. The zero-order chi connectivity index (χ0) is 23.4. The smallest absolute Gasteiger partial charge is 0.162 e. The van der Waals surface area contributed by atoms with Crippen molar-refractivity contribution in [1.82, 2.24) is 19.6 Å². The molecule has 0 fully saturated rings. The molecule has 0 amide bonds. The maximum Gasteiger partial charge on any atom is 0.162 e. The molecule has 0 aliphatic carbocycles. The first-order chi connectivity index (χ1) is 16.2. The van der Waals surface area contributed by atoms with Crippen molar-refractivity contribution in [2.45, 2.75) is 13.8 Å². The maximum atomic E-state index is 5.38. The van der Waals surface area contributed by atoms with E-state index in [-0.39, 0.29) is 0 Å². The molecule has 5 aromatic rings. The monoisotopic (exact) mass is 445 g/mol. The van der Waals surface area contributed by atoms with Gasteiger partial charge in [0.05, 0.1) is 33.2 Å². The SMILES string of the molecule is CC.COc1ccc2[nH]c(-c3cnc4ccc(Nc5ccc(OC)c(OC)c5)nn34)cc2c1. The van der Waals surface area contributed by atoms with Crippen LogP contribution in [-0.2, 0) is 0 Å². The van der Waals surface area contributed by atoms with Gasteiger partial charge in [-0.05, 0) is 48.5 Å². The van der Waals surface area contributed by atoms with Gasteiger partial charge in [-0.15, -0.1) is 5.10 Å². The first-order valence-corrected chi connectivity index (χ1v) is 10.7. The molecule has 0 radical (unpaired) electrons. The van der Waals surface area contributed by atoms with E-state index in [1.165, 1.54) is 0 Å². The van der Waals surface area contributed by atoms with Crippen LogP contribution in [0.4, 0.5) is 11.5 Å². The van der Waals surface area contributed by atoms with Crippen LogP contribution in [0.25, 0.3) is 27.9 Å². The Morgan fingerprint density at radius 1 is 0.848 bits per heavy atom. The molecular formula is C25H27N5O3. The third-order valence-electron chi connectivity index (χ3n) is 5.12. The number of H-pyrrole nitrogens is 1. The molecule has 5 rings (SSSR count). The Kier molecular flexibility index (Phi) is 6.35. The van der Waals surface area contributed by atoms with Crippen molar-refractivity contribution in [3.8, 4) is 28.6 Å². The van der Waals surface area contributed by atoms with Crippen molar-refractivity contribution >= 4 is 28.1 Å². The molecule has 0 aliphatic rings. The molecule has 0 bridgehead atoms. The van der Waals surface area contributed by atoms with Gasteiger partial charge in [-0.3, -0.25) is 0 Å². The summed E-state index contributed by atoms with van der Waals surface area (Å²) >= 11 is 0. The van der Waals surface area contributed by atoms with Crippen LogP contribution >= 0.6 is 0 Å². The van der Waals surface area contributed by atoms with E-state index in [1.54, 1.807) is 21.3 Å². The molecule has 0 spiro atoms. The summed E-state index contributed by atoms with van der Waals surface area (Å²) in [6, 6.07) is 17.4. The summed E-state index contributed by atoms with van der Waals surface area (Å²) < 4.78 is 17.8. The molecule has 3 aromatic heterocycles. The summed E-state index contributed by atoms with van der Waals surface area (Å²) in [4.78, 5) is 7.92. The minimum atomic E-state index is 0.644.